The Kier molecular flexibility index (Phi) is 31.7. The molecule has 10 heteroatoms. The molecule has 6 aromatic carbocycles. The van der Waals surface area contributed by atoms with E-state index < -0.39 is 0 Å². The van der Waals surface area contributed by atoms with E-state index in [1.54, 1.807) is 0 Å². The van der Waals surface area contributed by atoms with Crippen LogP contribution >= 0.6 is 0 Å². The molecule has 0 unspecified atom stereocenters. The zero-order valence-corrected chi connectivity index (χ0v) is 54.0. The van der Waals surface area contributed by atoms with Gasteiger partial charge in [0.1, 0.15) is 17.2 Å². The average molecular weight is 1150 g/mol. The summed E-state index contributed by atoms with van der Waals surface area (Å²) < 4.78 is 22.7. The maximum Gasteiger partial charge on any atom is 0.253 e. The van der Waals surface area contributed by atoms with Gasteiger partial charge in [-0.3, -0.25) is 4.79 Å². The molecule has 0 bridgehead atoms. The minimum Gasteiger partial charge on any atom is -0.491 e. The first kappa shape index (κ1) is 70.0. The van der Waals surface area contributed by atoms with Crippen molar-refractivity contribution in [2.75, 3.05) is 19.6 Å². The van der Waals surface area contributed by atoms with Crippen molar-refractivity contribution in [3.05, 3.63) is 185 Å². The van der Waals surface area contributed by atoms with Gasteiger partial charge in [0.2, 0.25) is 0 Å². The number of piperidine rings is 1. The van der Waals surface area contributed by atoms with Crippen LogP contribution in [-0.4, -0.2) is 85.1 Å². The quantitative estimate of drug-likeness (QED) is 0.0466. The Hall–Kier alpha value is -7.49. The second kappa shape index (κ2) is 38.5. The van der Waals surface area contributed by atoms with Gasteiger partial charge in [-0.05, 0) is 227 Å². The van der Waals surface area contributed by atoms with E-state index in [0.29, 0.717) is 30.3 Å². The van der Waals surface area contributed by atoms with Crippen molar-refractivity contribution in [3.63, 3.8) is 0 Å². The van der Waals surface area contributed by atoms with Crippen molar-refractivity contribution in [1.29, 1.82) is 0 Å². The Morgan fingerprint density at radius 3 is 1.34 bits per heavy atom. The van der Waals surface area contributed by atoms with E-state index in [4.69, 9.17) is 18.9 Å². The molecular weight excluding hydrogens is 1050 g/mol. The molecule has 0 radical (unpaired) electrons. The topological polar surface area (TPSA) is 105 Å². The van der Waals surface area contributed by atoms with E-state index in [2.05, 4.69) is 163 Å². The second-order valence-corrected chi connectivity index (χ2v) is 23.4. The van der Waals surface area contributed by atoms with Crippen LogP contribution in [0.3, 0.4) is 0 Å². The summed E-state index contributed by atoms with van der Waals surface area (Å²) in [5.74, 6) is 18.4. The van der Waals surface area contributed by atoms with Crippen LogP contribution in [0.5, 0.6) is 17.2 Å². The first-order chi connectivity index (χ1) is 40.6. The molecule has 1 saturated heterocycles. The van der Waals surface area contributed by atoms with Crippen LogP contribution < -0.4 is 35.5 Å². The molecule has 7 rings (SSSR count). The van der Waals surface area contributed by atoms with Gasteiger partial charge < -0.3 is 45.1 Å². The summed E-state index contributed by atoms with van der Waals surface area (Å²) in [5.41, 5.74) is 9.70. The lowest BCUT2D eigenvalue weighted by Gasteiger charge is -2.33. The largest absolute Gasteiger partial charge is 0.491 e. The molecule has 10 nitrogen and oxygen atoms in total. The van der Waals surface area contributed by atoms with Crippen molar-refractivity contribution in [2.45, 2.75) is 191 Å². The molecule has 0 spiro atoms. The SMILES string of the molecule is CC(C)NC#Cc1ccc(C#Cc2ccc(OC(C)C)cc2)cc1.CC(C)NCC#Cc1ccc(OC(C)C)cc1.CC(C)NCc1ccc(C(=O)N2CCC(OC(C)C)CC2)cc1.CC(C)NCc1cccc(-c2ccc(OC(C)C)cc2)c1. The van der Waals surface area contributed by atoms with E-state index in [1.807, 2.05) is 156 Å². The first-order valence-corrected chi connectivity index (χ1v) is 30.6. The third-order valence-corrected chi connectivity index (χ3v) is 12.4. The third-order valence-electron chi connectivity index (χ3n) is 12.4. The Morgan fingerprint density at radius 1 is 0.459 bits per heavy atom. The van der Waals surface area contributed by atoms with Crippen LogP contribution in [0.2, 0.25) is 0 Å². The molecule has 1 aliphatic heterocycles. The average Bonchev–Trinajstić information content (AvgIpc) is 3.50. The lowest BCUT2D eigenvalue weighted by atomic mass is 10.0. The molecular formula is C75H99N5O5. The fourth-order valence-corrected chi connectivity index (χ4v) is 8.24. The zero-order chi connectivity index (χ0) is 62.1. The lowest BCUT2D eigenvalue weighted by molar-refractivity contribution is -0.0236. The van der Waals surface area contributed by atoms with Gasteiger partial charge in [-0.15, -0.1) is 0 Å². The summed E-state index contributed by atoms with van der Waals surface area (Å²) in [6, 6.07) is 53.4. The summed E-state index contributed by atoms with van der Waals surface area (Å²) in [7, 11) is 0. The highest BCUT2D eigenvalue weighted by molar-refractivity contribution is 5.94. The third kappa shape index (κ3) is 30.2. The van der Waals surface area contributed by atoms with E-state index in [1.165, 1.54) is 22.3 Å². The predicted octanol–water partition coefficient (Wildman–Crippen LogP) is 14.9. The molecule has 0 saturated carbocycles. The molecule has 85 heavy (non-hydrogen) atoms. The second-order valence-electron chi connectivity index (χ2n) is 23.4. The smallest absolute Gasteiger partial charge is 0.253 e. The summed E-state index contributed by atoms with van der Waals surface area (Å²) in [4.78, 5) is 14.5. The number of rotatable bonds is 19. The number of nitrogens with zero attached hydrogens (tertiary/aromatic N) is 1. The van der Waals surface area contributed by atoms with Crippen molar-refractivity contribution < 1.29 is 23.7 Å². The number of hydrogen-bond acceptors (Lipinski definition) is 9. The Morgan fingerprint density at radius 2 is 0.894 bits per heavy atom. The standard InChI is InChI=1S/C22H23NO.C19H30N2O2.C19H25NO.C15H21NO/c1-17(2)23-16-15-21-9-7-19(8-10-21)5-6-20-11-13-22(14-12-20)24-18(3)4;1-14(2)20-13-16-5-7-17(8-6-16)19(22)21-11-9-18(10-12-21)23-15(3)4;1-14(2)20-13-16-6-5-7-18(12-16)17-8-10-19(11-9-17)21-15(3)4;1-12(2)16-11-5-6-14-7-9-15(10-8-14)17-13(3)4/h7-14,17-18,23H,1-4H3;5-8,14-15,18,20H,9-13H2,1-4H3;5-12,14-15,20H,13H2,1-4H3;7-10,12-13,16H,11H2,1-4H3. The summed E-state index contributed by atoms with van der Waals surface area (Å²) in [5, 5.41) is 13.2. The fraction of sp³-hybridized carbons (Fsp3) is 0.427. The van der Waals surface area contributed by atoms with Gasteiger partial charge in [-0.25, -0.2) is 0 Å². The molecule has 0 aromatic heterocycles. The highest BCUT2D eigenvalue weighted by atomic mass is 16.5. The monoisotopic (exact) mass is 1150 g/mol. The molecule has 1 heterocycles. The predicted molar refractivity (Wildman–Crippen MR) is 355 cm³/mol. The maximum absolute atomic E-state index is 12.6. The molecule has 4 N–H and O–H groups in total. The fourth-order valence-electron chi connectivity index (χ4n) is 8.24. The van der Waals surface area contributed by atoms with E-state index in [0.717, 1.165) is 90.6 Å². The van der Waals surface area contributed by atoms with E-state index in [-0.39, 0.29) is 30.3 Å². The van der Waals surface area contributed by atoms with Crippen LogP contribution in [0.4, 0.5) is 0 Å². The van der Waals surface area contributed by atoms with Gasteiger partial charge in [0.15, 0.2) is 0 Å². The van der Waals surface area contributed by atoms with Gasteiger partial charge >= 0.3 is 0 Å². The molecule has 6 aromatic rings. The minimum atomic E-state index is 0.136. The van der Waals surface area contributed by atoms with Crippen molar-refractivity contribution in [2.24, 2.45) is 0 Å². The number of likely N-dealkylation sites (tertiary alicyclic amines) is 1. The van der Waals surface area contributed by atoms with Gasteiger partial charge in [0, 0.05) is 84.2 Å². The normalized spacial score (nSPS) is 12.0. The summed E-state index contributed by atoms with van der Waals surface area (Å²) in [6.45, 7) is 37.2. The number of hydrogen-bond donors (Lipinski definition) is 4. The highest BCUT2D eigenvalue weighted by Crippen LogP contribution is 2.25. The molecule has 1 amide bonds. The van der Waals surface area contributed by atoms with E-state index >= 15 is 0 Å². The van der Waals surface area contributed by atoms with Gasteiger partial charge in [-0.1, -0.05) is 93.8 Å². The Labute approximate surface area is 513 Å². The number of benzene rings is 6. The van der Waals surface area contributed by atoms with Gasteiger partial charge in [-0.2, -0.15) is 0 Å². The van der Waals surface area contributed by atoms with Crippen molar-refractivity contribution in [3.8, 4) is 64.0 Å². The Bertz CT molecular complexity index is 3010. The molecule has 0 aliphatic carbocycles. The summed E-state index contributed by atoms with van der Waals surface area (Å²) >= 11 is 0. The number of carbonyl (C=O) groups excluding carboxylic acids is 1. The maximum atomic E-state index is 12.6. The highest BCUT2D eigenvalue weighted by Gasteiger charge is 2.24. The molecule has 1 aliphatic rings. The van der Waals surface area contributed by atoms with Crippen LogP contribution in [0.1, 0.15) is 167 Å². The van der Waals surface area contributed by atoms with E-state index in [9.17, 15) is 4.79 Å². The van der Waals surface area contributed by atoms with Crippen molar-refractivity contribution >= 4 is 5.91 Å². The van der Waals surface area contributed by atoms with Gasteiger partial charge in [0.25, 0.3) is 5.91 Å². The molecule has 0 atom stereocenters. The number of ether oxygens (including phenoxy) is 4. The molecule has 1 fully saturated rings. The Balaban J connectivity index is 0.000000245. The van der Waals surface area contributed by atoms with Crippen LogP contribution in [0.15, 0.2) is 146 Å². The van der Waals surface area contributed by atoms with Gasteiger partial charge in [0.05, 0.1) is 37.1 Å². The van der Waals surface area contributed by atoms with Crippen LogP contribution in [0, 0.1) is 35.6 Å². The van der Waals surface area contributed by atoms with Crippen LogP contribution in [0.25, 0.3) is 11.1 Å². The zero-order valence-electron chi connectivity index (χ0n) is 54.0. The molecule has 454 valence electrons. The minimum absolute atomic E-state index is 0.136. The van der Waals surface area contributed by atoms with Crippen LogP contribution in [-0.2, 0) is 17.8 Å². The number of amides is 1. The lowest BCUT2D eigenvalue weighted by Crippen LogP contribution is -2.41. The van der Waals surface area contributed by atoms with Crippen molar-refractivity contribution in [1.82, 2.24) is 26.2 Å². The number of nitrogens with one attached hydrogen (secondary N) is 4. The summed E-state index contributed by atoms with van der Waals surface area (Å²) in [6.07, 6.45) is 3.01. The first-order valence-electron chi connectivity index (χ1n) is 30.6. The number of carbonyl (C=O) groups is 1.